The summed E-state index contributed by atoms with van der Waals surface area (Å²) in [5.74, 6) is 2.38. The van der Waals surface area contributed by atoms with Crippen LogP contribution in [0.1, 0.15) is 32.3 Å². The lowest BCUT2D eigenvalue weighted by Crippen LogP contribution is -2.37. The number of nitrogens with one attached hydrogen (secondary N) is 2. The fraction of sp³-hybridized carbons (Fsp3) is 0.471. The van der Waals surface area contributed by atoms with E-state index in [1.807, 2.05) is 24.4 Å². The highest BCUT2D eigenvalue weighted by Crippen LogP contribution is 2.06. The Morgan fingerprint density at radius 2 is 2.17 bits per heavy atom. The van der Waals surface area contributed by atoms with Crippen LogP contribution in [0.15, 0.2) is 41.8 Å². The Balaban J connectivity index is 1.83. The Kier molecular flexibility index (Phi) is 6.59. The molecule has 0 atom stereocenters. The Morgan fingerprint density at radius 3 is 2.87 bits per heavy atom. The molecule has 0 bridgehead atoms. The molecule has 0 aliphatic heterocycles. The lowest BCUT2D eigenvalue weighted by molar-refractivity contribution is 0.549. The van der Waals surface area contributed by atoms with Crippen molar-refractivity contribution in [2.45, 2.75) is 33.2 Å². The van der Waals surface area contributed by atoms with Crippen molar-refractivity contribution in [3.05, 3.63) is 42.4 Å². The molecular formula is C17H26N6. The molecule has 124 valence electrons. The second-order valence-corrected chi connectivity index (χ2v) is 5.86. The maximum absolute atomic E-state index is 4.33. The van der Waals surface area contributed by atoms with Gasteiger partial charge >= 0.3 is 0 Å². The van der Waals surface area contributed by atoms with Crippen molar-refractivity contribution >= 4 is 5.96 Å². The third-order valence-corrected chi connectivity index (χ3v) is 3.48. The standard InChI is InChI=1S/C17H26N6/c1-14(2)6-4-8-20-17(18-3)21-13-15-7-10-19-16(12-15)23-11-5-9-22-23/h5,7,9-12,14H,4,6,8,13H2,1-3H3,(H2,18,20,21). The molecule has 0 unspecified atom stereocenters. The number of pyridine rings is 1. The lowest BCUT2D eigenvalue weighted by atomic mass is 10.1. The highest BCUT2D eigenvalue weighted by Gasteiger charge is 2.02. The molecule has 0 radical (unpaired) electrons. The Hall–Kier alpha value is -2.37. The van der Waals surface area contributed by atoms with Crippen LogP contribution >= 0.6 is 0 Å². The minimum absolute atomic E-state index is 0.695. The maximum Gasteiger partial charge on any atom is 0.191 e. The van der Waals surface area contributed by atoms with Crippen LogP contribution in [0.2, 0.25) is 0 Å². The number of hydrogen-bond donors (Lipinski definition) is 2. The number of aliphatic imine (C=N–C) groups is 1. The first-order valence-electron chi connectivity index (χ1n) is 8.08. The Bertz CT molecular complexity index is 603. The number of nitrogens with zero attached hydrogens (tertiary/aromatic N) is 4. The summed E-state index contributed by atoms with van der Waals surface area (Å²) >= 11 is 0. The third-order valence-electron chi connectivity index (χ3n) is 3.48. The summed E-state index contributed by atoms with van der Waals surface area (Å²) in [6.45, 7) is 6.12. The molecule has 0 spiro atoms. The second kappa shape index (κ2) is 8.92. The van der Waals surface area contributed by atoms with E-state index >= 15 is 0 Å². The Labute approximate surface area is 138 Å². The average molecular weight is 314 g/mol. The molecule has 23 heavy (non-hydrogen) atoms. The van der Waals surface area contributed by atoms with Gasteiger partial charge in [0.15, 0.2) is 11.8 Å². The van der Waals surface area contributed by atoms with E-state index in [4.69, 9.17) is 0 Å². The van der Waals surface area contributed by atoms with Crippen LogP contribution < -0.4 is 10.6 Å². The van der Waals surface area contributed by atoms with Gasteiger partial charge in [0.25, 0.3) is 0 Å². The molecule has 6 heteroatoms. The van der Waals surface area contributed by atoms with Gasteiger partial charge < -0.3 is 10.6 Å². The first-order chi connectivity index (χ1) is 11.2. The van der Waals surface area contributed by atoms with Gasteiger partial charge in [-0.15, -0.1) is 0 Å². The topological polar surface area (TPSA) is 67.1 Å². The van der Waals surface area contributed by atoms with Gasteiger partial charge in [0.2, 0.25) is 0 Å². The molecule has 6 nitrogen and oxygen atoms in total. The van der Waals surface area contributed by atoms with Gasteiger partial charge in [-0.3, -0.25) is 4.99 Å². The van der Waals surface area contributed by atoms with E-state index in [0.29, 0.717) is 6.54 Å². The second-order valence-electron chi connectivity index (χ2n) is 5.86. The van der Waals surface area contributed by atoms with E-state index < -0.39 is 0 Å². The fourth-order valence-electron chi connectivity index (χ4n) is 2.22. The zero-order valence-corrected chi connectivity index (χ0v) is 14.2. The summed E-state index contributed by atoms with van der Waals surface area (Å²) in [6, 6.07) is 5.90. The van der Waals surface area contributed by atoms with Crippen molar-refractivity contribution in [1.82, 2.24) is 25.4 Å². The van der Waals surface area contributed by atoms with Gasteiger partial charge in [0.05, 0.1) is 0 Å². The van der Waals surface area contributed by atoms with Gasteiger partial charge in [0, 0.05) is 38.7 Å². The minimum Gasteiger partial charge on any atom is -0.356 e. The molecular weight excluding hydrogens is 288 g/mol. The SMILES string of the molecule is CN=C(NCCCC(C)C)NCc1ccnc(-n2cccn2)c1. The lowest BCUT2D eigenvalue weighted by Gasteiger charge is -2.13. The molecule has 2 aromatic rings. The summed E-state index contributed by atoms with van der Waals surface area (Å²) in [5, 5.41) is 10.9. The van der Waals surface area contributed by atoms with Gasteiger partial charge in [-0.2, -0.15) is 5.10 Å². The van der Waals surface area contributed by atoms with E-state index in [-0.39, 0.29) is 0 Å². The summed E-state index contributed by atoms with van der Waals surface area (Å²) in [6.07, 6.45) is 7.80. The fourth-order valence-corrected chi connectivity index (χ4v) is 2.22. The summed E-state index contributed by atoms with van der Waals surface area (Å²) < 4.78 is 1.75. The molecule has 0 aliphatic rings. The van der Waals surface area contributed by atoms with Gasteiger partial charge in [-0.1, -0.05) is 13.8 Å². The number of aromatic nitrogens is 3. The van der Waals surface area contributed by atoms with Crippen LogP contribution in [0.5, 0.6) is 0 Å². The van der Waals surface area contributed by atoms with Crippen LogP contribution in [0.3, 0.4) is 0 Å². The molecule has 2 aromatic heterocycles. The predicted molar refractivity (Wildman–Crippen MR) is 93.6 cm³/mol. The van der Waals surface area contributed by atoms with Crippen molar-refractivity contribution in [3.8, 4) is 5.82 Å². The summed E-state index contributed by atoms with van der Waals surface area (Å²) in [4.78, 5) is 8.59. The first kappa shape index (κ1) is 17.0. The predicted octanol–water partition coefficient (Wildman–Crippen LogP) is 2.37. The van der Waals surface area contributed by atoms with Gasteiger partial charge in [-0.05, 0) is 42.5 Å². The molecule has 0 saturated carbocycles. The Morgan fingerprint density at radius 1 is 1.30 bits per heavy atom. The van der Waals surface area contributed by atoms with E-state index in [2.05, 4.69) is 39.6 Å². The van der Waals surface area contributed by atoms with Crippen LogP contribution in [-0.4, -0.2) is 34.3 Å². The number of guanidine groups is 1. The molecule has 0 aromatic carbocycles. The molecule has 0 aliphatic carbocycles. The van der Waals surface area contributed by atoms with Crippen molar-refractivity contribution < 1.29 is 0 Å². The highest BCUT2D eigenvalue weighted by molar-refractivity contribution is 5.79. The van der Waals surface area contributed by atoms with E-state index in [0.717, 1.165) is 36.2 Å². The van der Waals surface area contributed by atoms with Gasteiger partial charge in [0.1, 0.15) is 0 Å². The first-order valence-corrected chi connectivity index (χ1v) is 8.08. The molecule has 2 heterocycles. The largest absolute Gasteiger partial charge is 0.356 e. The van der Waals surface area contributed by atoms with Crippen molar-refractivity contribution in [2.24, 2.45) is 10.9 Å². The van der Waals surface area contributed by atoms with Crippen LogP contribution in [0.25, 0.3) is 5.82 Å². The monoisotopic (exact) mass is 314 g/mol. The smallest absolute Gasteiger partial charge is 0.191 e. The van der Waals surface area contributed by atoms with Crippen LogP contribution in [-0.2, 0) is 6.54 Å². The molecule has 0 amide bonds. The summed E-state index contributed by atoms with van der Waals surface area (Å²) in [7, 11) is 1.79. The van der Waals surface area contributed by atoms with E-state index in [1.54, 1.807) is 24.1 Å². The van der Waals surface area contributed by atoms with Gasteiger partial charge in [-0.25, -0.2) is 9.67 Å². The third kappa shape index (κ3) is 5.73. The van der Waals surface area contributed by atoms with Crippen molar-refractivity contribution in [3.63, 3.8) is 0 Å². The zero-order valence-electron chi connectivity index (χ0n) is 14.2. The van der Waals surface area contributed by atoms with E-state index in [9.17, 15) is 0 Å². The zero-order chi connectivity index (χ0) is 16.5. The molecule has 0 saturated heterocycles. The minimum atomic E-state index is 0.695. The number of rotatable bonds is 7. The van der Waals surface area contributed by atoms with Crippen LogP contribution in [0.4, 0.5) is 0 Å². The summed E-state index contributed by atoms with van der Waals surface area (Å²) in [5.41, 5.74) is 1.13. The maximum atomic E-state index is 4.33. The van der Waals surface area contributed by atoms with Crippen molar-refractivity contribution in [1.29, 1.82) is 0 Å². The van der Waals surface area contributed by atoms with Crippen LogP contribution in [0, 0.1) is 5.92 Å². The molecule has 0 fully saturated rings. The average Bonchev–Trinajstić information content (AvgIpc) is 3.09. The molecule has 2 rings (SSSR count). The molecule has 2 N–H and O–H groups in total. The quantitative estimate of drug-likeness (QED) is 0.468. The highest BCUT2D eigenvalue weighted by atomic mass is 15.3. The van der Waals surface area contributed by atoms with E-state index in [1.165, 1.54) is 6.42 Å². The van der Waals surface area contributed by atoms with Crippen molar-refractivity contribution in [2.75, 3.05) is 13.6 Å². The normalized spacial score (nSPS) is 11.7. The number of hydrogen-bond acceptors (Lipinski definition) is 3.